The second-order valence-electron chi connectivity index (χ2n) is 6.22. The molecule has 1 aromatic carbocycles. The number of piperazine rings is 1. The van der Waals surface area contributed by atoms with E-state index < -0.39 is 0 Å². The number of aliphatic imine (C=N–C) groups is 1. The van der Waals surface area contributed by atoms with Gasteiger partial charge in [-0.1, -0.05) is 17.3 Å². The van der Waals surface area contributed by atoms with Gasteiger partial charge in [0.15, 0.2) is 5.96 Å². The molecule has 0 aliphatic carbocycles. The highest BCUT2D eigenvalue weighted by Crippen LogP contribution is 2.17. The van der Waals surface area contributed by atoms with Crippen molar-refractivity contribution in [2.24, 2.45) is 10.7 Å². The Morgan fingerprint density at radius 2 is 1.93 bits per heavy atom. The minimum absolute atomic E-state index is 0.163. The minimum atomic E-state index is -0.355. The number of guanidine groups is 1. The lowest BCUT2D eigenvalue weighted by molar-refractivity contribution is 0.368. The predicted octanol–water partition coefficient (Wildman–Crippen LogP) is 1.30. The highest BCUT2D eigenvalue weighted by Gasteiger charge is 2.20. The highest BCUT2D eigenvalue weighted by atomic mass is 19.1. The minimum Gasteiger partial charge on any atom is -0.370 e. The first kappa shape index (κ1) is 17.8. The quantitative estimate of drug-likeness (QED) is 0.531. The van der Waals surface area contributed by atoms with Crippen LogP contribution in [0.1, 0.15) is 5.89 Å². The van der Waals surface area contributed by atoms with Crippen LogP contribution in [0.3, 0.4) is 0 Å². The van der Waals surface area contributed by atoms with Crippen LogP contribution in [0.25, 0.3) is 11.4 Å². The molecule has 0 bridgehead atoms. The fourth-order valence-corrected chi connectivity index (χ4v) is 2.90. The number of benzene rings is 1. The van der Waals surface area contributed by atoms with E-state index in [0.29, 0.717) is 42.3 Å². The predicted molar refractivity (Wildman–Crippen MR) is 101 cm³/mol. The zero-order chi connectivity index (χ0) is 19.3. The SMILES string of the molecule is NC(=NCc1nc(-c2cccc(F)c2)no1)N1CCN(c2ncccn2)CC1. The molecule has 0 radical (unpaired) electrons. The molecule has 0 saturated carbocycles. The summed E-state index contributed by atoms with van der Waals surface area (Å²) < 4.78 is 18.5. The van der Waals surface area contributed by atoms with E-state index in [2.05, 4.69) is 30.0 Å². The highest BCUT2D eigenvalue weighted by molar-refractivity contribution is 5.78. The topological polar surface area (TPSA) is 110 Å². The van der Waals surface area contributed by atoms with Crippen molar-refractivity contribution in [1.29, 1.82) is 0 Å². The lowest BCUT2D eigenvalue weighted by Crippen LogP contribution is -2.51. The summed E-state index contributed by atoms with van der Waals surface area (Å²) in [5, 5.41) is 3.86. The van der Waals surface area contributed by atoms with Gasteiger partial charge in [0.05, 0.1) is 0 Å². The summed E-state index contributed by atoms with van der Waals surface area (Å²) in [5.74, 6) is 1.41. The van der Waals surface area contributed by atoms with Crippen molar-refractivity contribution < 1.29 is 8.91 Å². The van der Waals surface area contributed by atoms with E-state index >= 15 is 0 Å². The van der Waals surface area contributed by atoms with E-state index in [1.54, 1.807) is 30.6 Å². The number of anilines is 1. The molecule has 1 saturated heterocycles. The standard InChI is InChI=1S/C18H19FN8O/c19-14-4-1-3-13(11-14)16-24-15(28-25-16)12-23-17(20)26-7-9-27(10-8-26)18-21-5-2-6-22-18/h1-6,11H,7-10,12H2,(H2,20,23). The van der Waals surface area contributed by atoms with Gasteiger partial charge < -0.3 is 20.1 Å². The summed E-state index contributed by atoms with van der Waals surface area (Å²) in [6.07, 6.45) is 3.46. The monoisotopic (exact) mass is 382 g/mol. The van der Waals surface area contributed by atoms with Crippen molar-refractivity contribution in [2.45, 2.75) is 6.54 Å². The van der Waals surface area contributed by atoms with Gasteiger partial charge in [-0.15, -0.1) is 0 Å². The van der Waals surface area contributed by atoms with Gasteiger partial charge in [0.1, 0.15) is 12.4 Å². The van der Waals surface area contributed by atoms with Crippen molar-refractivity contribution in [2.75, 3.05) is 31.1 Å². The molecule has 3 aromatic rings. The summed E-state index contributed by atoms with van der Waals surface area (Å²) in [5.41, 5.74) is 6.65. The molecule has 144 valence electrons. The zero-order valence-electron chi connectivity index (χ0n) is 15.1. The molecule has 0 amide bonds. The molecule has 0 unspecified atom stereocenters. The molecule has 0 atom stereocenters. The van der Waals surface area contributed by atoms with E-state index in [1.165, 1.54) is 12.1 Å². The summed E-state index contributed by atoms with van der Waals surface area (Å²) >= 11 is 0. The Morgan fingerprint density at radius 1 is 1.14 bits per heavy atom. The largest absolute Gasteiger partial charge is 0.370 e. The number of rotatable bonds is 4. The fraction of sp³-hybridized carbons (Fsp3) is 0.278. The number of halogens is 1. The van der Waals surface area contributed by atoms with Crippen LogP contribution < -0.4 is 10.6 Å². The van der Waals surface area contributed by atoms with Crippen LogP contribution in [-0.4, -0.2) is 57.1 Å². The van der Waals surface area contributed by atoms with Crippen molar-refractivity contribution in [3.8, 4) is 11.4 Å². The third-order valence-corrected chi connectivity index (χ3v) is 4.37. The van der Waals surface area contributed by atoms with Crippen LogP contribution in [0, 0.1) is 5.82 Å². The number of aromatic nitrogens is 4. The molecular formula is C18H19FN8O. The van der Waals surface area contributed by atoms with Gasteiger partial charge in [-0.25, -0.2) is 19.4 Å². The molecule has 28 heavy (non-hydrogen) atoms. The maximum absolute atomic E-state index is 13.3. The third kappa shape index (κ3) is 4.05. The second kappa shape index (κ2) is 7.99. The molecule has 3 heterocycles. The lowest BCUT2D eigenvalue weighted by Gasteiger charge is -2.35. The van der Waals surface area contributed by atoms with Crippen LogP contribution in [0.2, 0.25) is 0 Å². The molecule has 2 aromatic heterocycles. The van der Waals surface area contributed by atoms with Gasteiger partial charge in [0.2, 0.25) is 17.7 Å². The Bertz CT molecular complexity index is 953. The van der Waals surface area contributed by atoms with Gasteiger partial charge in [0, 0.05) is 44.1 Å². The van der Waals surface area contributed by atoms with E-state index in [0.717, 1.165) is 13.1 Å². The first-order valence-electron chi connectivity index (χ1n) is 8.84. The average Bonchev–Trinajstić information content (AvgIpc) is 3.22. The third-order valence-electron chi connectivity index (χ3n) is 4.37. The molecule has 4 rings (SSSR count). The molecule has 1 aliphatic rings. The molecular weight excluding hydrogens is 363 g/mol. The normalized spacial score (nSPS) is 15.1. The van der Waals surface area contributed by atoms with Crippen LogP contribution >= 0.6 is 0 Å². The maximum Gasteiger partial charge on any atom is 0.248 e. The van der Waals surface area contributed by atoms with Crippen LogP contribution in [0.15, 0.2) is 52.2 Å². The van der Waals surface area contributed by atoms with Gasteiger partial charge in [-0.05, 0) is 18.2 Å². The van der Waals surface area contributed by atoms with Gasteiger partial charge in [-0.3, -0.25) is 0 Å². The van der Waals surface area contributed by atoms with Gasteiger partial charge in [-0.2, -0.15) is 4.98 Å². The molecule has 10 heteroatoms. The Labute approximate surface area is 160 Å². The number of nitrogens with zero attached hydrogens (tertiary/aromatic N) is 7. The number of hydrogen-bond donors (Lipinski definition) is 1. The van der Waals surface area contributed by atoms with Crippen molar-refractivity contribution in [3.05, 3.63) is 54.4 Å². The first-order valence-corrected chi connectivity index (χ1v) is 8.84. The Morgan fingerprint density at radius 3 is 2.68 bits per heavy atom. The van der Waals surface area contributed by atoms with Crippen molar-refractivity contribution >= 4 is 11.9 Å². The molecule has 1 fully saturated rings. The number of hydrogen-bond acceptors (Lipinski definition) is 7. The van der Waals surface area contributed by atoms with Crippen molar-refractivity contribution in [3.63, 3.8) is 0 Å². The van der Waals surface area contributed by atoms with Gasteiger partial charge in [0.25, 0.3) is 0 Å². The Hall–Kier alpha value is -3.56. The van der Waals surface area contributed by atoms with E-state index in [4.69, 9.17) is 10.3 Å². The number of nitrogens with two attached hydrogens (primary N) is 1. The van der Waals surface area contributed by atoms with Crippen molar-refractivity contribution in [1.82, 2.24) is 25.0 Å². The zero-order valence-corrected chi connectivity index (χ0v) is 15.1. The fourth-order valence-electron chi connectivity index (χ4n) is 2.90. The molecule has 2 N–H and O–H groups in total. The Balaban J connectivity index is 1.34. The maximum atomic E-state index is 13.3. The van der Waals surface area contributed by atoms with E-state index in [9.17, 15) is 4.39 Å². The second-order valence-corrected chi connectivity index (χ2v) is 6.22. The molecule has 1 aliphatic heterocycles. The van der Waals surface area contributed by atoms with Gasteiger partial charge >= 0.3 is 0 Å². The van der Waals surface area contributed by atoms with Crippen LogP contribution in [0.4, 0.5) is 10.3 Å². The average molecular weight is 382 g/mol. The lowest BCUT2D eigenvalue weighted by atomic mass is 10.2. The summed E-state index contributed by atoms with van der Waals surface area (Å²) in [7, 11) is 0. The Kier molecular flexibility index (Phi) is 5.09. The smallest absolute Gasteiger partial charge is 0.248 e. The van der Waals surface area contributed by atoms with E-state index in [-0.39, 0.29) is 12.4 Å². The van der Waals surface area contributed by atoms with Crippen LogP contribution in [-0.2, 0) is 6.54 Å². The molecule has 0 spiro atoms. The summed E-state index contributed by atoms with van der Waals surface area (Å²) in [4.78, 5) is 21.2. The summed E-state index contributed by atoms with van der Waals surface area (Å²) in [6.45, 7) is 3.10. The molecule has 9 nitrogen and oxygen atoms in total. The first-order chi connectivity index (χ1) is 13.7. The van der Waals surface area contributed by atoms with E-state index in [1.807, 2.05) is 4.90 Å². The van der Waals surface area contributed by atoms with Crippen LogP contribution in [0.5, 0.6) is 0 Å². The summed E-state index contributed by atoms with van der Waals surface area (Å²) in [6, 6.07) is 7.81.